The van der Waals surface area contributed by atoms with Gasteiger partial charge < -0.3 is 20.7 Å². The van der Waals surface area contributed by atoms with Crippen molar-refractivity contribution in [2.45, 2.75) is 38.8 Å². The molecule has 2 atom stereocenters. The van der Waals surface area contributed by atoms with E-state index in [0.29, 0.717) is 13.0 Å². The summed E-state index contributed by atoms with van der Waals surface area (Å²) in [6.07, 6.45) is 1.63. The molecule has 0 heterocycles. The van der Waals surface area contributed by atoms with Gasteiger partial charge in [-0.1, -0.05) is 50.3 Å². The lowest BCUT2D eigenvalue weighted by atomic mass is 10.0. The zero-order valence-electron chi connectivity index (χ0n) is 16.2. The summed E-state index contributed by atoms with van der Waals surface area (Å²) in [5.74, 6) is -0.525. The molecule has 0 aliphatic carbocycles. The number of benzene rings is 1. The molecule has 0 spiro atoms. The van der Waals surface area contributed by atoms with Crippen LogP contribution in [0.25, 0.3) is 0 Å². The maximum Gasteiger partial charge on any atom is 0.407 e. The molecule has 0 radical (unpaired) electrons. The summed E-state index contributed by atoms with van der Waals surface area (Å²) in [7, 11) is 1.23. The molecule has 0 aliphatic rings. The zero-order chi connectivity index (χ0) is 20.2. The first-order valence-corrected chi connectivity index (χ1v) is 8.94. The van der Waals surface area contributed by atoms with Gasteiger partial charge in [-0.25, -0.2) is 4.79 Å². The molecule has 1 aromatic rings. The van der Waals surface area contributed by atoms with E-state index in [2.05, 4.69) is 27.3 Å². The Balaban J connectivity index is 2.90. The SMILES string of the molecule is C=CCNC(=O)[C@H](CC(C)C)NC(=O)[C@H](Cc1ccccc1)NC(=O)OC. The van der Waals surface area contributed by atoms with Gasteiger partial charge in [-0.3, -0.25) is 9.59 Å². The van der Waals surface area contributed by atoms with E-state index in [0.717, 1.165) is 5.56 Å². The molecule has 7 heteroatoms. The number of carbonyl (C=O) groups excluding carboxylic acids is 3. The summed E-state index contributed by atoms with van der Waals surface area (Å²) in [5, 5.41) is 7.99. The fraction of sp³-hybridized carbons (Fsp3) is 0.450. The molecule has 0 fully saturated rings. The quantitative estimate of drug-likeness (QED) is 0.543. The first-order chi connectivity index (χ1) is 12.9. The van der Waals surface area contributed by atoms with E-state index in [4.69, 9.17) is 0 Å². The van der Waals surface area contributed by atoms with Crippen molar-refractivity contribution in [2.75, 3.05) is 13.7 Å². The van der Waals surface area contributed by atoms with E-state index in [1.807, 2.05) is 44.2 Å². The van der Waals surface area contributed by atoms with Gasteiger partial charge in [-0.2, -0.15) is 0 Å². The Morgan fingerprint density at radius 3 is 2.30 bits per heavy atom. The maximum atomic E-state index is 12.8. The smallest absolute Gasteiger partial charge is 0.407 e. The Hall–Kier alpha value is -2.83. The van der Waals surface area contributed by atoms with Gasteiger partial charge in [0.25, 0.3) is 0 Å². The fourth-order valence-corrected chi connectivity index (χ4v) is 2.53. The number of nitrogens with one attached hydrogen (secondary N) is 3. The van der Waals surface area contributed by atoms with Gasteiger partial charge in [0.15, 0.2) is 0 Å². The molecule has 0 aliphatic heterocycles. The van der Waals surface area contributed by atoms with Crippen molar-refractivity contribution >= 4 is 17.9 Å². The molecule has 0 aromatic heterocycles. The molecule has 27 heavy (non-hydrogen) atoms. The Bertz CT molecular complexity index is 631. The number of amides is 3. The fourth-order valence-electron chi connectivity index (χ4n) is 2.53. The van der Waals surface area contributed by atoms with Crippen molar-refractivity contribution in [3.05, 3.63) is 48.6 Å². The first-order valence-electron chi connectivity index (χ1n) is 8.94. The Kier molecular flexibility index (Phi) is 9.64. The van der Waals surface area contributed by atoms with Crippen LogP contribution < -0.4 is 16.0 Å². The van der Waals surface area contributed by atoms with Crippen LogP contribution in [0.5, 0.6) is 0 Å². The van der Waals surface area contributed by atoms with Crippen molar-refractivity contribution in [3.8, 4) is 0 Å². The summed E-state index contributed by atoms with van der Waals surface area (Å²) in [5.41, 5.74) is 0.880. The molecule has 0 saturated carbocycles. The molecule has 1 aromatic carbocycles. The molecule has 3 N–H and O–H groups in total. The predicted molar refractivity (Wildman–Crippen MR) is 104 cm³/mol. The number of hydrogen-bond acceptors (Lipinski definition) is 4. The molecule has 0 saturated heterocycles. The molecule has 0 bridgehead atoms. The highest BCUT2D eigenvalue weighted by Gasteiger charge is 2.27. The summed E-state index contributed by atoms with van der Waals surface area (Å²) >= 11 is 0. The first kappa shape index (κ1) is 22.2. The highest BCUT2D eigenvalue weighted by molar-refractivity contribution is 5.91. The highest BCUT2D eigenvalue weighted by atomic mass is 16.5. The molecule has 1 rings (SSSR count). The predicted octanol–water partition coefficient (Wildman–Crippen LogP) is 1.79. The average molecular weight is 375 g/mol. The van der Waals surface area contributed by atoms with Crippen LogP contribution in [-0.2, 0) is 20.7 Å². The third-order valence-electron chi connectivity index (χ3n) is 3.84. The molecule has 148 valence electrons. The van der Waals surface area contributed by atoms with Gasteiger partial charge in [0.1, 0.15) is 12.1 Å². The van der Waals surface area contributed by atoms with Gasteiger partial charge in [0.2, 0.25) is 11.8 Å². The molecular formula is C20H29N3O4. The Labute approximate surface area is 160 Å². The lowest BCUT2D eigenvalue weighted by Crippen LogP contribution is -2.54. The minimum absolute atomic E-state index is 0.200. The second kappa shape index (κ2) is 11.7. The van der Waals surface area contributed by atoms with E-state index in [1.165, 1.54) is 7.11 Å². The van der Waals surface area contributed by atoms with Gasteiger partial charge in [0.05, 0.1) is 7.11 Å². The Morgan fingerprint density at radius 1 is 1.07 bits per heavy atom. The van der Waals surface area contributed by atoms with Gasteiger partial charge in [-0.15, -0.1) is 6.58 Å². The number of ether oxygens (including phenoxy) is 1. The largest absolute Gasteiger partial charge is 0.453 e. The molecule has 7 nitrogen and oxygen atoms in total. The number of carbonyl (C=O) groups is 3. The van der Waals surface area contributed by atoms with Crippen molar-refractivity contribution < 1.29 is 19.1 Å². The van der Waals surface area contributed by atoms with Crippen molar-refractivity contribution in [2.24, 2.45) is 5.92 Å². The topological polar surface area (TPSA) is 96.5 Å². The van der Waals surface area contributed by atoms with Gasteiger partial charge >= 0.3 is 6.09 Å². The highest BCUT2D eigenvalue weighted by Crippen LogP contribution is 2.08. The van der Waals surface area contributed by atoms with E-state index < -0.39 is 24.1 Å². The van der Waals surface area contributed by atoms with Crippen LogP contribution in [0.4, 0.5) is 4.79 Å². The number of rotatable bonds is 10. The monoisotopic (exact) mass is 375 g/mol. The van der Waals surface area contributed by atoms with Crippen molar-refractivity contribution in [3.63, 3.8) is 0 Å². The average Bonchev–Trinajstić information content (AvgIpc) is 2.65. The van der Waals surface area contributed by atoms with E-state index in [-0.39, 0.29) is 18.2 Å². The third-order valence-corrected chi connectivity index (χ3v) is 3.84. The number of hydrogen-bond donors (Lipinski definition) is 3. The van der Waals surface area contributed by atoms with E-state index in [1.54, 1.807) is 6.08 Å². The van der Waals surface area contributed by atoms with Crippen molar-refractivity contribution in [1.82, 2.24) is 16.0 Å². The van der Waals surface area contributed by atoms with Crippen LogP contribution in [0.15, 0.2) is 43.0 Å². The standard InChI is InChI=1S/C20H29N3O4/c1-5-11-21-18(24)16(12-14(2)3)22-19(25)17(23-20(26)27-4)13-15-9-7-6-8-10-15/h5-10,14,16-17H,1,11-13H2,2-4H3,(H,21,24)(H,22,25)(H,23,26)/t16-,17-/m0/s1. The van der Waals surface area contributed by atoms with Crippen LogP contribution in [0.3, 0.4) is 0 Å². The van der Waals surface area contributed by atoms with Crippen LogP contribution in [-0.4, -0.2) is 43.6 Å². The summed E-state index contributed by atoms with van der Waals surface area (Å²) in [6, 6.07) is 7.74. The summed E-state index contributed by atoms with van der Waals surface area (Å²) in [4.78, 5) is 36.8. The molecule has 0 unspecified atom stereocenters. The normalized spacial score (nSPS) is 12.6. The van der Waals surface area contributed by atoms with E-state index >= 15 is 0 Å². The van der Waals surface area contributed by atoms with Crippen LogP contribution in [0, 0.1) is 5.92 Å². The number of methoxy groups -OCH3 is 1. The molecule has 3 amide bonds. The summed E-state index contributed by atoms with van der Waals surface area (Å²) < 4.78 is 4.62. The lowest BCUT2D eigenvalue weighted by molar-refractivity contribution is -0.130. The minimum atomic E-state index is -0.860. The summed E-state index contributed by atoms with van der Waals surface area (Å²) in [6.45, 7) is 7.82. The lowest BCUT2D eigenvalue weighted by Gasteiger charge is -2.24. The second-order valence-electron chi connectivity index (χ2n) is 6.60. The van der Waals surface area contributed by atoms with Crippen molar-refractivity contribution in [1.29, 1.82) is 0 Å². The maximum absolute atomic E-state index is 12.8. The zero-order valence-corrected chi connectivity index (χ0v) is 16.2. The van der Waals surface area contributed by atoms with Crippen LogP contribution in [0.2, 0.25) is 0 Å². The minimum Gasteiger partial charge on any atom is -0.453 e. The third kappa shape index (κ3) is 8.40. The van der Waals surface area contributed by atoms with E-state index in [9.17, 15) is 14.4 Å². The number of alkyl carbamates (subject to hydrolysis) is 1. The second-order valence-corrected chi connectivity index (χ2v) is 6.60. The Morgan fingerprint density at radius 2 is 1.74 bits per heavy atom. The van der Waals surface area contributed by atoms with Crippen LogP contribution >= 0.6 is 0 Å². The molecular weight excluding hydrogens is 346 g/mol. The van der Waals surface area contributed by atoms with Crippen LogP contribution in [0.1, 0.15) is 25.8 Å². The van der Waals surface area contributed by atoms with Gasteiger partial charge in [-0.05, 0) is 17.9 Å². The van der Waals surface area contributed by atoms with Gasteiger partial charge in [0, 0.05) is 13.0 Å².